The number of likely N-dealkylation sites (N-methyl/N-ethyl adjacent to an activating group) is 1. The van der Waals surface area contributed by atoms with Gasteiger partial charge in [-0.1, -0.05) is 30.3 Å². The van der Waals surface area contributed by atoms with Crippen LogP contribution >= 0.6 is 0 Å². The van der Waals surface area contributed by atoms with Crippen LogP contribution in [0.4, 0.5) is 11.4 Å². The second-order valence-electron chi connectivity index (χ2n) is 8.07. The van der Waals surface area contributed by atoms with E-state index in [1.54, 1.807) is 36.4 Å². The van der Waals surface area contributed by atoms with Crippen LogP contribution in [0.25, 0.3) is 22.3 Å². The van der Waals surface area contributed by atoms with Gasteiger partial charge in [0.1, 0.15) is 5.65 Å². The number of hydrogen-bond donors (Lipinski definition) is 1. The topological polar surface area (TPSA) is 67.2 Å². The van der Waals surface area contributed by atoms with Gasteiger partial charge in [0.05, 0.1) is 16.3 Å². The minimum atomic E-state index is -3.70. The summed E-state index contributed by atoms with van der Waals surface area (Å²) in [6.45, 7) is 2.90. The van der Waals surface area contributed by atoms with Crippen LogP contribution < -0.4 is 9.62 Å². The Morgan fingerprint density at radius 2 is 1.77 bits per heavy atom. The van der Waals surface area contributed by atoms with Crippen molar-refractivity contribution in [2.45, 2.75) is 18.2 Å². The molecule has 31 heavy (non-hydrogen) atoms. The molecular weight excluding hydrogens is 408 g/mol. The lowest BCUT2D eigenvalue weighted by atomic mass is 10.1. The van der Waals surface area contributed by atoms with Gasteiger partial charge in [0.2, 0.25) is 0 Å². The highest BCUT2D eigenvalue weighted by Gasteiger charge is 2.21. The number of nitrogens with zero attached hydrogens (tertiary/aromatic N) is 3. The van der Waals surface area contributed by atoms with Crippen LogP contribution in [0.1, 0.15) is 11.3 Å². The summed E-state index contributed by atoms with van der Waals surface area (Å²) in [5.74, 6) is 0. The molecule has 0 amide bonds. The van der Waals surface area contributed by atoms with Gasteiger partial charge in [-0.05, 0) is 49.2 Å². The molecule has 1 aliphatic heterocycles. The lowest BCUT2D eigenvalue weighted by Gasteiger charge is -2.13. The molecule has 1 aliphatic rings. The van der Waals surface area contributed by atoms with Crippen LogP contribution in [-0.4, -0.2) is 31.6 Å². The van der Waals surface area contributed by atoms with Gasteiger partial charge in [0.15, 0.2) is 0 Å². The van der Waals surface area contributed by atoms with Crippen molar-refractivity contribution in [2.75, 3.05) is 23.2 Å². The Kier molecular flexibility index (Phi) is 4.51. The van der Waals surface area contributed by atoms with E-state index in [9.17, 15) is 8.42 Å². The first-order chi connectivity index (χ1) is 14.8. The average molecular weight is 433 g/mol. The van der Waals surface area contributed by atoms with Gasteiger partial charge < -0.3 is 9.47 Å². The molecule has 158 valence electrons. The maximum atomic E-state index is 12.9. The van der Waals surface area contributed by atoms with Crippen molar-refractivity contribution in [3.63, 3.8) is 0 Å². The predicted molar refractivity (Wildman–Crippen MR) is 125 cm³/mol. The van der Waals surface area contributed by atoms with Gasteiger partial charge >= 0.3 is 0 Å². The van der Waals surface area contributed by atoms with Crippen molar-refractivity contribution < 1.29 is 8.42 Å². The minimum Gasteiger partial charge on any atom is -0.374 e. The maximum Gasteiger partial charge on any atom is 0.261 e. The highest BCUT2D eigenvalue weighted by molar-refractivity contribution is 7.92. The van der Waals surface area contributed by atoms with Crippen molar-refractivity contribution in [1.29, 1.82) is 0 Å². The van der Waals surface area contributed by atoms with E-state index < -0.39 is 10.0 Å². The number of anilines is 2. The molecular formula is C24H24N4O2S. The van der Waals surface area contributed by atoms with E-state index in [0.29, 0.717) is 5.69 Å². The van der Waals surface area contributed by atoms with Crippen LogP contribution in [0.5, 0.6) is 0 Å². The quantitative estimate of drug-likeness (QED) is 0.521. The van der Waals surface area contributed by atoms with E-state index in [0.717, 1.165) is 41.0 Å². The number of benzene rings is 2. The Morgan fingerprint density at radius 1 is 1.00 bits per heavy atom. The Bertz CT molecular complexity index is 1410. The van der Waals surface area contributed by atoms with Gasteiger partial charge in [-0.15, -0.1) is 0 Å². The molecule has 4 aromatic rings. The zero-order valence-electron chi connectivity index (χ0n) is 17.8. The lowest BCUT2D eigenvalue weighted by Crippen LogP contribution is -2.13. The third-order valence-electron chi connectivity index (χ3n) is 5.93. The van der Waals surface area contributed by atoms with E-state index >= 15 is 0 Å². The number of aryl methyl sites for hydroxylation is 2. The largest absolute Gasteiger partial charge is 0.374 e. The summed E-state index contributed by atoms with van der Waals surface area (Å²) < 4.78 is 30.7. The molecule has 0 spiro atoms. The number of rotatable bonds is 4. The first kappa shape index (κ1) is 19.6. The van der Waals surface area contributed by atoms with Gasteiger partial charge in [0.25, 0.3) is 10.0 Å². The van der Waals surface area contributed by atoms with Crippen LogP contribution in [0.3, 0.4) is 0 Å². The number of sulfonamides is 1. The third kappa shape index (κ3) is 3.35. The molecule has 0 radical (unpaired) electrons. The zero-order chi connectivity index (χ0) is 21.8. The second-order valence-corrected chi connectivity index (χ2v) is 9.75. The fourth-order valence-electron chi connectivity index (χ4n) is 4.28. The molecule has 0 fully saturated rings. The Labute approximate surface area is 182 Å². The summed E-state index contributed by atoms with van der Waals surface area (Å²) >= 11 is 0. The molecule has 0 saturated heterocycles. The average Bonchev–Trinajstić information content (AvgIpc) is 3.29. The number of pyridine rings is 1. The number of aromatic nitrogens is 2. The maximum absolute atomic E-state index is 12.9. The normalized spacial score (nSPS) is 13.6. The SMILES string of the molecule is Cc1cc(NS(=O)(=O)c2ccccc2)c2cc(-c3ccc4c(c3)N(C)CC4)n(C)c2n1. The summed E-state index contributed by atoms with van der Waals surface area (Å²) in [7, 11) is 0.380. The van der Waals surface area contributed by atoms with Crippen LogP contribution in [0, 0.1) is 6.92 Å². The molecule has 0 aliphatic carbocycles. The van der Waals surface area contributed by atoms with Gasteiger partial charge in [-0.2, -0.15) is 0 Å². The van der Waals surface area contributed by atoms with Gasteiger partial charge in [-0.3, -0.25) is 4.72 Å². The van der Waals surface area contributed by atoms with Crippen LogP contribution in [-0.2, 0) is 23.5 Å². The molecule has 5 rings (SSSR count). The van der Waals surface area contributed by atoms with E-state index in [1.807, 2.05) is 24.6 Å². The van der Waals surface area contributed by atoms with Crippen LogP contribution in [0.15, 0.2) is 65.6 Å². The molecule has 0 bridgehead atoms. The summed E-state index contributed by atoms with van der Waals surface area (Å²) in [5.41, 5.74) is 6.71. The zero-order valence-corrected chi connectivity index (χ0v) is 18.6. The van der Waals surface area contributed by atoms with Crippen LogP contribution in [0.2, 0.25) is 0 Å². The highest BCUT2D eigenvalue weighted by Crippen LogP contribution is 2.36. The second kappa shape index (κ2) is 7.13. The van der Waals surface area contributed by atoms with Crippen molar-refractivity contribution in [3.8, 4) is 11.3 Å². The molecule has 0 unspecified atom stereocenters. The number of hydrogen-bond acceptors (Lipinski definition) is 4. The Hall–Kier alpha value is -3.32. The smallest absolute Gasteiger partial charge is 0.261 e. The lowest BCUT2D eigenvalue weighted by molar-refractivity contribution is 0.601. The van der Waals surface area contributed by atoms with E-state index in [4.69, 9.17) is 0 Å². The third-order valence-corrected chi connectivity index (χ3v) is 7.31. The standard InChI is InChI=1S/C24H24N4O2S/c1-16-13-21(26-31(29,30)19-7-5-4-6-8-19)20-15-23(28(3)24(20)25-16)18-10-9-17-11-12-27(2)22(17)14-18/h4-10,13-15H,11-12H2,1-3H3,(H,25,26). The van der Waals surface area contributed by atoms with Crippen molar-refractivity contribution >= 4 is 32.4 Å². The predicted octanol–water partition coefficient (Wildman–Crippen LogP) is 4.34. The molecule has 0 saturated carbocycles. The first-order valence-electron chi connectivity index (χ1n) is 10.2. The van der Waals surface area contributed by atoms with E-state index in [-0.39, 0.29) is 4.90 Å². The number of nitrogens with one attached hydrogen (secondary N) is 1. The molecule has 7 heteroatoms. The molecule has 3 heterocycles. The van der Waals surface area contributed by atoms with Crippen molar-refractivity contribution in [2.24, 2.45) is 7.05 Å². The fourth-order valence-corrected chi connectivity index (χ4v) is 5.37. The Balaban J connectivity index is 1.63. The molecule has 2 aromatic carbocycles. The minimum absolute atomic E-state index is 0.232. The molecule has 0 atom stereocenters. The summed E-state index contributed by atoms with van der Waals surface area (Å²) in [6.07, 6.45) is 1.06. The van der Waals surface area contributed by atoms with Gasteiger partial charge in [-0.25, -0.2) is 13.4 Å². The van der Waals surface area contributed by atoms with Gasteiger partial charge in [0, 0.05) is 43.0 Å². The summed E-state index contributed by atoms with van der Waals surface area (Å²) in [5, 5.41) is 0.774. The van der Waals surface area contributed by atoms with E-state index in [2.05, 4.69) is 39.9 Å². The molecule has 6 nitrogen and oxygen atoms in total. The number of fused-ring (bicyclic) bond motifs is 2. The first-order valence-corrected chi connectivity index (χ1v) is 11.7. The molecule has 2 aromatic heterocycles. The van der Waals surface area contributed by atoms with Crippen molar-refractivity contribution in [1.82, 2.24) is 9.55 Å². The summed E-state index contributed by atoms with van der Waals surface area (Å²) in [4.78, 5) is 7.19. The monoisotopic (exact) mass is 432 g/mol. The Morgan fingerprint density at radius 3 is 2.55 bits per heavy atom. The van der Waals surface area contributed by atoms with E-state index in [1.165, 1.54) is 11.3 Å². The highest BCUT2D eigenvalue weighted by atomic mass is 32.2. The van der Waals surface area contributed by atoms with Crippen molar-refractivity contribution in [3.05, 3.63) is 71.9 Å². The molecule has 1 N–H and O–H groups in total. The fraction of sp³-hybridized carbons (Fsp3) is 0.208. The summed E-state index contributed by atoms with van der Waals surface area (Å²) in [6, 6.07) is 18.7.